The van der Waals surface area contributed by atoms with Gasteiger partial charge in [-0.05, 0) is 0 Å². The van der Waals surface area contributed by atoms with Crippen LogP contribution in [0.25, 0.3) is 0 Å². The van der Waals surface area contributed by atoms with Gasteiger partial charge in [-0.15, -0.1) is 0 Å². The molecule has 1 rings (SSSR count). The number of allylic oxidation sites excluding steroid dienone is 2. The van der Waals surface area contributed by atoms with E-state index in [1.165, 1.54) is 23.7 Å². The van der Waals surface area contributed by atoms with Crippen LogP contribution in [0.4, 0.5) is 0 Å². The standard InChI is InChI=1S/C8H10N2O4/c9-6(12)8(7(13)10-14)4-2-1-3-5(8)11/h1-5,11,14H,(H2,9,12)(H,10,13)/t5-,8+/m1/s1. The van der Waals surface area contributed by atoms with Crippen molar-refractivity contribution in [3.63, 3.8) is 0 Å². The number of hydrogen-bond acceptors (Lipinski definition) is 4. The van der Waals surface area contributed by atoms with Crippen molar-refractivity contribution in [2.75, 3.05) is 0 Å². The van der Waals surface area contributed by atoms with E-state index in [1.54, 1.807) is 0 Å². The van der Waals surface area contributed by atoms with Gasteiger partial charge in [-0.25, -0.2) is 5.48 Å². The third kappa shape index (κ3) is 1.30. The number of amides is 2. The predicted molar refractivity (Wildman–Crippen MR) is 45.8 cm³/mol. The molecule has 2 atom stereocenters. The van der Waals surface area contributed by atoms with E-state index in [-0.39, 0.29) is 0 Å². The summed E-state index contributed by atoms with van der Waals surface area (Å²) in [6, 6.07) is 0. The number of rotatable bonds is 2. The number of nitrogens with two attached hydrogens (primary N) is 1. The van der Waals surface area contributed by atoms with Crippen molar-refractivity contribution in [3.05, 3.63) is 24.3 Å². The molecule has 0 aromatic rings. The first kappa shape index (κ1) is 10.4. The molecule has 2 amide bonds. The molecule has 0 unspecified atom stereocenters. The van der Waals surface area contributed by atoms with Crippen molar-refractivity contribution < 1.29 is 19.9 Å². The van der Waals surface area contributed by atoms with E-state index >= 15 is 0 Å². The lowest BCUT2D eigenvalue weighted by molar-refractivity contribution is -0.149. The normalized spacial score (nSPS) is 30.0. The third-order valence-corrected chi connectivity index (χ3v) is 2.12. The van der Waals surface area contributed by atoms with Crippen molar-refractivity contribution >= 4 is 11.8 Å². The van der Waals surface area contributed by atoms with Gasteiger partial charge < -0.3 is 10.8 Å². The summed E-state index contributed by atoms with van der Waals surface area (Å²) in [4.78, 5) is 22.3. The maximum absolute atomic E-state index is 11.2. The topological polar surface area (TPSA) is 113 Å². The largest absolute Gasteiger partial charge is 0.387 e. The maximum Gasteiger partial charge on any atom is 0.265 e. The number of primary amides is 1. The van der Waals surface area contributed by atoms with Crippen LogP contribution >= 0.6 is 0 Å². The Labute approximate surface area is 79.7 Å². The molecule has 1 aliphatic carbocycles. The van der Waals surface area contributed by atoms with Gasteiger partial charge >= 0.3 is 0 Å². The Morgan fingerprint density at radius 1 is 1.43 bits per heavy atom. The molecule has 6 heteroatoms. The lowest BCUT2D eigenvalue weighted by Crippen LogP contribution is -2.54. The Morgan fingerprint density at radius 3 is 2.50 bits per heavy atom. The fraction of sp³-hybridized carbons (Fsp3) is 0.250. The summed E-state index contributed by atoms with van der Waals surface area (Å²) in [5.74, 6) is -2.09. The zero-order chi connectivity index (χ0) is 10.8. The highest BCUT2D eigenvalue weighted by Gasteiger charge is 2.48. The van der Waals surface area contributed by atoms with Crippen LogP contribution in [0.3, 0.4) is 0 Å². The number of hydrogen-bond donors (Lipinski definition) is 4. The highest BCUT2D eigenvalue weighted by atomic mass is 16.5. The van der Waals surface area contributed by atoms with Crippen molar-refractivity contribution in [3.8, 4) is 0 Å². The first-order chi connectivity index (χ1) is 6.55. The predicted octanol–water partition coefficient (Wildman–Crippen LogP) is -1.55. The van der Waals surface area contributed by atoms with E-state index in [9.17, 15) is 14.7 Å². The lowest BCUT2D eigenvalue weighted by atomic mass is 9.77. The summed E-state index contributed by atoms with van der Waals surface area (Å²) in [6.45, 7) is 0. The quantitative estimate of drug-likeness (QED) is 0.244. The molecular formula is C8H10N2O4. The smallest absolute Gasteiger partial charge is 0.265 e. The summed E-state index contributed by atoms with van der Waals surface area (Å²) < 4.78 is 0. The molecule has 1 aliphatic rings. The Balaban J connectivity index is 3.17. The molecule has 14 heavy (non-hydrogen) atoms. The molecule has 0 spiro atoms. The first-order valence-electron chi connectivity index (χ1n) is 3.84. The van der Waals surface area contributed by atoms with Gasteiger partial charge in [-0.1, -0.05) is 24.3 Å². The number of carbonyl (C=O) groups is 2. The Bertz CT molecular complexity index is 323. The summed E-state index contributed by atoms with van der Waals surface area (Å²) >= 11 is 0. The van der Waals surface area contributed by atoms with Crippen LogP contribution in [-0.2, 0) is 9.59 Å². The minimum Gasteiger partial charge on any atom is -0.387 e. The number of aliphatic hydroxyl groups excluding tert-OH is 1. The number of carbonyl (C=O) groups excluding carboxylic acids is 2. The molecule has 0 fully saturated rings. The Morgan fingerprint density at radius 2 is 2.07 bits per heavy atom. The minimum absolute atomic E-state index is 1.03. The maximum atomic E-state index is 11.2. The van der Waals surface area contributed by atoms with E-state index in [0.717, 1.165) is 6.08 Å². The van der Waals surface area contributed by atoms with Crippen LogP contribution in [0.5, 0.6) is 0 Å². The molecule has 0 aromatic carbocycles. The van der Waals surface area contributed by atoms with Crippen LogP contribution in [0.15, 0.2) is 24.3 Å². The van der Waals surface area contributed by atoms with E-state index < -0.39 is 23.3 Å². The molecule has 6 nitrogen and oxygen atoms in total. The summed E-state index contributed by atoms with van der Waals surface area (Å²) in [5, 5.41) is 17.9. The molecule has 0 aliphatic heterocycles. The molecule has 76 valence electrons. The van der Waals surface area contributed by atoms with Crippen LogP contribution in [0, 0.1) is 5.41 Å². The van der Waals surface area contributed by atoms with Crippen LogP contribution in [0.1, 0.15) is 0 Å². The highest BCUT2D eigenvalue weighted by molar-refractivity contribution is 6.07. The zero-order valence-electron chi connectivity index (χ0n) is 7.18. The van der Waals surface area contributed by atoms with Crippen molar-refractivity contribution in [2.24, 2.45) is 11.1 Å². The number of hydroxylamine groups is 1. The SMILES string of the molecule is NC(=O)[C@]1(C(=O)NO)C=CC=C[C@H]1O. The van der Waals surface area contributed by atoms with Gasteiger partial charge in [-0.2, -0.15) is 0 Å². The molecule has 0 saturated heterocycles. The second-order valence-corrected chi connectivity index (χ2v) is 2.86. The van der Waals surface area contributed by atoms with Gasteiger partial charge in [-0.3, -0.25) is 14.8 Å². The average Bonchev–Trinajstić information content (AvgIpc) is 2.17. The highest BCUT2D eigenvalue weighted by Crippen LogP contribution is 2.28. The summed E-state index contributed by atoms with van der Waals surface area (Å²) in [7, 11) is 0. The van der Waals surface area contributed by atoms with Gasteiger partial charge in [0.1, 0.15) is 0 Å². The molecule has 0 radical (unpaired) electrons. The van der Waals surface area contributed by atoms with Gasteiger partial charge in [0.25, 0.3) is 5.91 Å². The fourth-order valence-corrected chi connectivity index (χ4v) is 1.27. The van der Waals surface area contributed by atoms with Crippen LogP contribution in [0.2, 0.25) is 0 Å². The average molecular weight is 198 g/mol. The molecule has 5 N–H and O–H groups in total. The minimum atomic E-state index is -1.93. The third-order valence-electron chi connectivity index (χ3n) is 2.12. The fourth-order valence-electron chi connectivity index (χ4n) is 1.27. The zero-order valence-corrected chi connectivity index (χ0v) is 7.18. The lowest BCUT2D eigenvalue weighted by Gasteiger charge is -2.29. The van der Waals surface area contributed by atoms with Gasteiger partial charge in [0.05, 0.1) is 6.10 Å². The first-order valence-corrected chi connectivity index (χ1v) is 3.84. The monoisotopic (exact) mass is 198 g/mol. The Hall–Kier alpha value is -1.66. The van der Waals surface area contributed by atoms with Crippen LogP contribution in [-0.4, -0.2) is 28.2 Å². The molecule has 0 heterocycles. The van der Waals surface area contributed by atoms with E-state index in [4.69, 9.17) is 10.9 Å². The van der Waals surface area contributed by atoms with Crippen molar-refractivity contribution in [2.45, 2.75) is 6.10 Å². The number of aliphatic hydroxyl groups is 1. The molecule has 0 saturated carbocycles. The van der Waals surface area contributed by atoms with Gasteiger partial charge in [0.2, 0.25) is 5.91 Å². The molecule has 0 bridgehead atoms. The summed E-state index contributed by atoms with van der Waals surface area (Å²) in [6.07, 6.45) is 3.87. The second-order valence-electron chi connectivity index (χ2n) is 2.86. The van der Waals surface area contributed by atoms with E-state index in [2.05, 4.69) is 0 Å². The van der Waals surface area contributed by atoms with Crippen molar-refractivity contribution in [1.29, 1.82) is 0 Å². The van der Waals surface area contributed by atoms with Crippen molar-refractivity contribution in [1.82, 2.24) is 5.48 Å². The van der Waals surface area contributed by atoms with Crippen LogP contribution < -0.4 is 11.2 Å². The van der Waals surface area contributed by atoms with Gasteiger partial charge in [0, 0.05) is 0 Å². The number of nitrogens with one attached hydrogen (secondary N) is 1. The molecular weight excluding hydrogens is 188 g/mol. The van der Waals surface area contributed by atoms with E-state index in [1.807, 2.05) is 0 Å². The summed E-state index contributed by atoms with van der Waals surface area (Å²) in [5.41, 5.74) is 4.39. The second kappa shape index (κ2) is 3.60. The Kier molecular flexibility index (Phi) is 2.68. The van der Waals surface area contributed by atoms with E-state index in [0.29, 0.717) is 0 Å². The van der Waals surface area contributed by atoms with Gasteiger partial charge in [0.15, 0.2) is 5.41 Å². The molecule has 0 aromatic heterocycles.